The molecule has 0 bridgehead atoms. The highest BCUT2D eigenvalue weighted by atomic mass is 32.2. The maximum absolute atomic E-state index is 11.8. The summed E-state index contributed by atoms with van der Waals surface area (Å²) in [4.78, 5) is 11.8. The van der Waals surface area contributed by atoms with Gasteiger partial charge in [0.1, 0.15) is 5.78 Å². The minimum Gasteiger partial charge on any atom is -0.385 e. The van der Waals surface area contributed by atoms with Crippen LogP contribution in [0.4, 0.5) is 0 Å². The maximum Gasteiger partial charge on any atom is 0.145 e. The number of ketones is 1. The molecule has 0 amide bonds. The molecule has 0 aromatic rings. The first kappa shape index (κ1) is 13.0. The second-order valence-corrected chi connectivity index (χ2v) is 5.31. The maximum atomic E-state index is 11.8. The van der Waals surface area contributed by atoms with Crippen LogP contribution in [0.5, 0.6) is 0 Å². The van der Waals surface area contributed by atoms with Gasteiger partial charge >= 0.3 is 0 Å². The fraction of sp³-hybridized carbons (Fsp3) is 0.917. The van der Waals surface area contributed by atoms with Crippen LogP contribution in [0.1, 0.15) is 38.5 Å². The monoisotopic (exact) mass is 230 g/mol. The topological polar surface area (TPSA) is 26.3 Å². The summed E-state index contributed by atoms with van der Waals surface area (Å²) in [5.41, 5.74) is 0. The van der Waals surface area contributed by atoms with E-state index in [0.29, 0.717) is 17.5 Å². The summed E-state index contributed by atoms with van der Waals surface area (Å²) in [5.74, 6) is 2.63. The number of ether oxygens (including phenoxy) is 1. The predicted molar refractivity (Wildman–Crippen MR) is 65.4 cm³/mol. The Bertz CT molecular complexity index is 176. The minimum atomic E-state index is 0.383. The smallest absolute Gasteiger partial charge is 0.145 e. The molecule has 1 saturated carbocycles. The van der Waals surface area contributed by atoms with Gasteiger partial charge in [0.05, 0.1) is 5.75 Å². The molecule has 0 radical (unpaired) electrons. The highest BCUT2D eigenvalue weighted by Crippen LogP contribution is 2.25. The van der Waals surface area contributed by atoms with E-state index in [1.807, 2.05) is 0 Å². The summed E-state index contributed by atoms with van der Waals surface area (Å²) in [6.45, 7) is 0.810. The lowest BCUT2D eigenvalue weighted by molar-refractivity contribution is -0.121. The molecule has 1 aliphatic carbocycles. The Kier molecular flexibility index (Phi) is 7.11. The molecule has 2 nitrogen and oxygen atoms in total. The van der Waals surface area contributed by atoms with Gasteiger partial charge in [-0.05, 0) is 25.0 Å². The number of methoxy groups -OCH3 is 1. The Morgan fingerprint density at radius 1 is 1.33 bits per heavy atom. The van der Waals surface area contributed by atoms with Gasteiger partial charge in [0.25, 0.3) is 0 Å². The molecule has 0 aromatic carbocycles. The Hall–Kier alpha value is -0.0200. The summed E-state index contributed by atoms with van der Waals surface area (Å²) in [5, 5.41) is 0. The molecule has 0 saturated heterocycles. The summed E-state index contributed by atoms with van der Waals surface area (Å²) in [6.07, 6.45) is 7.16. The van der Waals surface area contributed by atoms with E-state index in [4.69, 9.17) is 4.74 Å². The Morgan fingerprint density at radius 2 is 2.07 bits per heavy atom. The van der Waals surface area contributed by atoms with Gasteiger partial charge in [-0.3, -0.25) is 4.79 Å². The molecule has 15 heavy (non-hydrogen) atoms. The van der Waals surface area contributed by atoms with Gasteiger partial charge in [0.2, 0.25) is 0 Å². The number of carbonyl (C=O) groups is 1. The second-order valence-electron chi connectivity index (χ2n) is 4.20. The van der Waals surface area contributed by atoms with Crippen molar-refractivity contribution in [2.24, 2.45) is 5.92 Å². The minimum absolute atomic E-state index is 0.383. The number of hydrogen-bond donors (Lipinski definition) is 0. The molecule has 0 unspecified atom stereocenters. The molecular weight excluding hydrogens is 208 g/mol. The quantitative estimate of drug-likeness (QED) is 0.629. The van der Waals surface area contributed by atoms with E-state index >= 15 is 0 Å². The van der Waals surface area contributed by atoms with Crippen LogP contribution in [0.25, 0.3) is 0 Å². The highest BCUT2D eigenvalue weighted by Gasteiger charge is 2.20. The molecule has 0 spiro atoms. The molecule has 3 heteroatoms. The summed E-state index contributed by atoms with van der Waals surface area (Å²) >= 11 is 1.77. The average molecular weight is 230 g/mol. The van der Waals surface area contributed by atoms with Crippen LogP contribution < -0.4 is 0 Å². The van der Waals surface area contributed by atoms with Crippen LogP contribution in [0, 0.1) is 5.92 Å². The van der Waals surface area contributed by atoms with Crippen LogP contribution in [0.15, 0.2) is 0 Å². The first-order chi connectivity index (χ1) is 7.34. The van der Waals surface area contributed by atoms with Crippen molar-refractivity contribution in [3.8, 4) is 0 Å². The molecule has 1 aliphatic rings. The van der Waals surface area contributed by atoms with E-state index in [1.165, 1.54) is 19.3 Å². The van der Waals surface area contributed by atoms with E-state index in [-0.39, 0.29) is 0 Å². The Labute approximate surface area is 97.1 Å². The highest BCUT2D eigenvalue weighted by molar-refractivity contribution is 7.99. The lowest BCUT2D eigenvalue weighted by atomic mass is 9.87. The standard InChI is InChI=1S/C12H22O2S/c1-14-8-5-9-15-10-12(13)11-6-3-2-4-7-11/h11H,2-10H2,1H3. The van der Waals surface area contributed by atoms with Crippen molar-refractivity contribution in [2.75, 3.05) is 25.2 Å². The molecule has 1 rings (SSSR count). The number of hydrogen-bond acceptors (Lipinski definition) is 3. The first-order valence-corrected chi connectivity index (χ1v) is 7.09. The van der Waals surface area contributed by atoms with Gasteiger partial charge in [0.15, 0.2) is 0 Å². The van der Waals surface area contributed by atoms with Crippen LogP contribution >= 0.6 is 11.8 Å². The number of carbonyl (C=O) groups excluding carboxylic acids is 1. The van der Waals surface area contributed by atoms with Gasteiger partial charge in [-0.2, -0.15) is 11.8 Å². The van der Waals surface area contributed by atoms with Gasteiger partial charge < -0.3 is 4.74 Å². The van der Waals surface area contributed by atoms with E-state index in [2.05, 4.69) is 0 Å². The average Bonchev–Trinajstić information content (AvgIpc) is 2.30. The van der Waals surface area contributed by atoms with Crippen molar-refractivity contribution in [2.45, 2.75) is 38.5 Å². The van der Waals surface area contributed by atoms with Crippen molar-refractivity contribution in [1.29, 1.82) is 0 Å². The van der Waals surface area contributed by atoms with Gasteiger partial charge in [-0.15, -0.1) is 0 Å². The molecule has 0 heterocycles. The van der Waals surface area contributed by atoms with Gasteiger partial charge in [-0.1, -0.05) is 19.3 Å². The summed E-state index contributed by atoms with van der Waals surface area (Å²) < 4.78 is 4.97. The fourth-order valence-electron chi connectivity index (χ4n) is 2.02. The normalized spacial score (nSPS) is 17.9. The van der Waals surface area contributed by atoms with Crippen molar-refractivity contribution in [1.82, 2.24) is 0 Å². The largest absolute Gasteiger partial charge is 0.385 e. The van der Waals surface area contributed by atoms with Gasteiger partial charge in [0, 0.05) is 19.6 Å². The molecule has 0 aliphatic heterocycles. The van der Waals surface area contributed by atoms with E-state index < -0.39 is 0 Å². The molecule has 88 valence electrons. The third-order valence-electron chi connectivity index (χ3n) is 2.94. The third-order valence-corrected chi connectivity index (χ3v) is 4.01. The first-order valence-electron chi connectivity index (χ1n) is 5.94. The predicted octanol–water partition coefficient (Wildman–Crippen LogP) is 2.91. The lowest BCUT2D eigenvalue weighted by Crippen LogP contribution is -2.19. The molecule has 0 N–H and O–H groups in total. The van der Waals surface area contributed by atoms with Crippen molar-refractivity contribution >= 4 is 17.5 Å². The van der Waals surface area contributed by atoms with Crippen molar-refractivity contribution in [3.63, 3.8) is 0 Å². The van der Waals surface area contributed by atoms with E-state index in [1.54, 1.807) is 18.9 Å². The molecule has 0 atom stereocenters. The fourth-order valence-corrected chi connectivity index (χ4v) is 2.92. The Balaban J connectivity index is 2.02. The number of rotatable bonds is 7. The number of thioether (sulfide) groups is 1. The zero-order valence-corrected chi connectivity index (χ0v) is 10.5. The summed E-state index contributed by atoms with van der Waals surface area (Å²) in [7, 11) is 1.72. The molecule has 0 aromatic heterocycles. The summed E-state index contributed by atoms with van der Waals surface area (Å²) in [6, 6.07) is 0. The van der Waals surface area contributed by atoms with E-state index in [9.17, 15) is 4.79 Å². The second kappa shape index (κ2) is 8.17. The molecule has 1 fully saturated rings. The number of Topliss-reactive ketones (excluding diaryl/α,β-unsaturated/α-hetero) is 1. The lowest BCUT2D eigenvalue weighted by Gasteiger charge is -2.19. The van der Waals surface area contributed by atoms with E-state index in [0.717, 1.165) is 31.6 Å². The van der Waals surface area contributed by atoms with Crippen LogP contribution in [-0.4, -0.2) is 31.0 Å². The zero-order valence-electron chi connectivity index (χ0n) is 9.67. The molecular formula is C12H22O2S. The van der Waals surface area contributed by atoms with Gasteiger partial charge in [-0.25, -0.2) is 0 Å². The zero-order chi connectivity index (χ0) is 10.9. The van der Waals surface area contributed by atoms with Crippen LogP contribution in [0.2, 0.25) is 0 Å². The van der Waals surface area contributed by atoms with Crippen LogP contribution in [0.3, 0.4) is 0 Å². The Morgan fingerprint density at radius 3 is 2.73 bits per heavy atom. The van der Waals surface area contributed by atoms with Crippen molar-refractivity contribution in [3.05, 3.63) is 0 Å². The SMILES string of the molecule is COCCCSCC(=O)C1CCCCC1. The third kappa shape index (κ3) is 5.57. The van der Waals surface area contributed by atoms with Crippen LogP contribution in [-0.2, 0) is 9.53 Å². The van der Waals surface area contributed by atoms with Crippen molar-refractivity contribution < 1.29 is 9.53 Å².